The molecule has 1 saturated carbocycles. The van der Waals surface area contributed by atoms with E-state index in [9.17, 15) is 9.50 Å². The molecule has 1 aliphatic rings. The number of terminal acetylenes is 1. The molecule has 0 saturated heterocycles. The normalized spacial score (nSPS) is 25.6. The van der Waals surface area contributed by atoms with E-state index in [0.29, 0.717) is 12.1 Å². The molecule has 1 aliphatic carbocycles. The average Bonchev–Trinajstić information content (AvgIpc) is 2.72. The zero-order valence-electron chi connectivity index (χ0n) is 8.30. The number of aliphatic hydroxyl groups is 1. The molecular formula is C11H9FN2OS. The van der Waals surface area contributed by atoms with E-state index in [1.165, 1.54) is 11.3 Å². The van der Waals surface area contributed by atoms with Crippen molar-refractivity contribution in [3.05, 3.63) is 23.1 Å². The Bertz CT molecular complexity index is 582. The fraction of sp³-hybridized carbons (Fsp3) is 0.364. The Morgan fingerprint density at radius 3 is 3.12 bits per heavy atom. The van der Waals surface area contributed by atoms with E-state index in [0.717, 1.165) is 9.71 Å². The van der Waals surface area contributed by atoms with Crippen LogP contribution in [-0.4, -0.2) is 20.7 Å². The van der Waals surface area contributed by atoms with Crippen molar-refractivity contribution in [1.82, 2.24) is 9.38 Å². The molecule has 3 unspecified atom stereocenters. The van der Waals surface area contributed by atoms with E-state index >= 15 is 0 Å². The summed E-state index contributed by atoms with van der Waals surface area (Å²) < 4.78 is 14.8. The topological polar surface area (TPSA) is 37.5 Å². The first-order valence-electron chi connectivity index (χ1n) is 4.95. The van der Waals surface area contributed by atoms with Gasteiger partial charge in [0, 0.05) is 10.8 Å². The Morgan fingerprint density at radius 1 is 1.75 bits per heavy atom. The summed E-state index contributed by atoms with van der Waals surface area (Å²) >= 11 is 1.45. The highest BCUT2D eigenvalue weighted by atomic mass is 32.1. The highest BCUT2D eigenvalue weighted by Crippen LogP contribution is 2.49. The van der Waals surface area contributed by atoms with E-state index in [1.807, 2.05) is 0 Å². The zero-order chi connectivity index (χ0) is 11.3. The van der Waals surface area contributed by atoms with Crippen LogP contribution in [0.3, 0.4) is 0 Å². The molecule has 1 N–H and O–H groups in total. The molecular weight excluding hydrogens is 227 g/mol. The van der Waals surface area contributed by atoms with Crippen LogP contribution in [0.1, 0.15) is 29.0 Å². The molecule has 0 radical (unpaired) electrons. The Balaban J connectivity index is 2.19. The summed E-state index contributed by atoms with van der Waals surface area (Å²) in [5, 5.41) is 9.78. The molecule has 2 heterocycles. The molecule has 0 amide bonds. The number of aromatic nitrogens is 2. The van der Waals surface area contributed by atoms with Crippen molar-refractivity contribution in [2.24, 2.45) is 0 Å². The predicted molar refractivity (Wildman–Crippen MR) is 59.1 cm³/mol. The lowest BCUT2D eigenvalue weighted by Gasteiger charge is -2.05. The van der Waals surface area contributed by atoms with Crippen LogP contribution in [0.25, 0.3) is 4.83 Å². The van der Waals surface area contributed by atoms with Crippen LogP contribution >= 0.6 is 11.3 Å². The van der Waals surface area contributed by atoms with Crippen molar-refractivity contribution in [1.29, 1.82) is 0 Å². The minimum absolute atomic E-state index is 0.0945. The Morgan fingerprint density at radius 2 is 2.50 bits per heavy atom. The molecule has 82 valence electrons. The quantitative estimate of drug-likeness (QED) is 0.808. The molecule has 0 spiro atoms. The van der Waals surface area contributed by atoms with Gasteiger partial charge in [-0.1, -0.05) is 5.92 Å². The van der Waals surface area contributed by atoms with Crippen molar-refractivity contribution < 1.29 is 9.50 Å². The van der Waals surface area contributed by atoms with Crippen molar-refractivity contribution in [2.45, 2.75) is 24.6 Å². The number of thiazole rings is 1. The third kappa shape index (κ3) is 1.27. The highest BCUT2D eigenvalue weighted by molar-refractivity contribution is 7.17. The summed E-state index contributed by atoms with van der Waals surface area (Å²) in [5.74, 6) is 2.18. The predicted octanol–water partition coefficient (Wildman–Crippen LogP) is 1.89. The van der Waals surface area contributed by atoms with Gasteiger partial charge in [-0.25, -0.2) is 9.37 Å². The molecule has 3 nitrogen and oxygen atoms in total. The number of fused-ring (bicyclic) bond motifs is 1. The molecule has 2 aromatic heterocycles. The second kappa shape index (κ2) is 3.30. The lowest BCUT2D eigenvalue weighted by atomic mass is 10.2. The van der Waals surface area contributed by atoms with Gasteiger partial charge in [0.05, 0.1) is 11.9 Å². The van der Waals surface area contributed by atoms with E-state index in [2.05, 4.69) is 10.9 Å². The van der Waals surface area contributed by atoms with Gasteiger partial charge in [-0.15, -0.1) is 17.8 Å². The molecule has 0 aliphatic heterocycles. The molecule has 1 fully saturated rings. The molecule has 0 bridgehead atoms. The maximum atomic E-state index is 13.1. The standard InChI is InChI=1S/C11H9FN2OS/c1-2-8(15)10-11(6-3-7(6)12)16-9-4-13-5-14(9)10/h1,4-8,15H,3H2. The van der Waals surface area contributed by atoms with Gasteiger partial charge in [0.25, 0.3) is 0 Å². The maximum Gasteiger partial charge on any atom is 0.156 e. The average molecular weight is 236 g/mol. The third-order valence-electron chi connectivity index (χ3n) is 2.80. The summed E-state index contributed by atoms with van der Waals surface area (Å²) in [7, 11) is 0. The number of halogens is 1. The van der Waals surface area contributed by atoms with Crippen LogP contribution in [-0.2, 0) is 0 Å². The van der Waals surface area contributed by atoms with Gasteiger partial charge >= 0.3 is 0 Å². The minimum atomic E-state index is -0.995. The van der Waals surface area contributed by atoms with Gasteiger partial charge in [-0.3, -0.25) is 4.40 Å². The Hall–Kier alpha value is -1.38. The largest absolute Gasteiger partial charge is 0.374 e. The first-order valence-corrected chi connectivity index (χ1v) is 5.77. The number of rotatable bonds is 2. The Kier molecular flexibility index (Phi) is 2.03. The monoisotopic (exact) mass is 236 g/mol. The van der Waals surface area contributed by atoms with E-state index in [4.69, 9.17) is 6.42 Å². The minimum Gasteiger partial charge on any atom is -0.374 e. The highest BCUT2D eigenvalue weighted by Gasteiger charge is 2.42. The fourth-order valence-electron chi connectivity index (χ4n) is 1.87. The van der Waals surface area contributed by atoms with Crippen LogP contribution < -0.4 is 0 Å². The van der Waals surface area contributed by atoms with Crippen molar-refractivity contribution in [3.8, 4) is 12.3 Å². The molecule has 5 heteroatoms. The van der Waals surface area contributed by atoms with Gasteiger partial charge in [0.15, 0.2) is 6.10 Å². The van der Waals surface area contributed by atoms with Gasteiger partial charge in [0.2, 0.25) is 0 Å². The van der Waals surface area contributed by atoms with Gasteiger partial charge in [0.1, 0.15) is 17.3 Å². The zero-order valence-corrected chi connectivity index (χ0v) is 9.12. The van der Waals surface area contributed by atoms with Crippen molar-refractivity contribution in [3.63, 3.8) is 0 Å². The number of hydrogen-bond donors (Lipinski definition) is 1. The summed E-state index contributed by atoms with van der Waals surface area (Å²) in [4.78, 5) is 5.72. The first kappa shape index (κ1) is 9.82. The Labute approximate surface area is 95.6 Å². The van der Waals surface area contributed by atoms with Crippen LogP contribution in [0.15, 0.2) is 12.5 Å². The van der Waals surface area contributed by atoms with Crippen LogP contribution in [0.4, 0.5) is 4.39 Å². The lowest BCUT2D eigenvalue weighted by Crippen LogP contribution is -2.01. The number of aliphatic hydroxyl groups excluding tert-OH is 1. The smallest absolute Gasteiger partial charge is 0.156 e. The fourth-order valence-corrected chi connectivity index (χ4v) is 3.16. The summed E-state index contributed by atoms with van der Waals surface area (Å²) in [6.45, 7) is 0. The second-order valence-corrected chi connectivity index (χ2v) is 4.94. The first-order chi connectivity index (χ1) is 7.72. The number of alkyl halides is 1. The van der Waals surface area contributed by atoms with E-state index < -0.39 is 12.3 Å². The summed E-state index contributed by atoms with van der Waals surface area (Å²) in [6, 6.07) is 0. The number of hydrogen-bond acceptors (Lipinski definition) is 3. The second-order valence-electron chi connectivity index (χ2n) is 3.88. The van der Waals surface area contributed by atoms with E-state index in [1.54, 1.807) is 16.9 Å². The van der Waals surface area contributed by atoms with Crippen molar-refractivity contribution in [2.75, 3.05) is 0 Å². The van der Waals surface area contributed by atoms with E-state index in [-0.39, 0.29) is 5.92 Å². The SMILES string of the molecule is C#CC(O)c1c(C2CC2F)sc2cncn12. The van der Waals surface area contributed by atoms with Gasteiger partial charge in [-0.05, 0) is 6.42 Å². The number of imidazole rings is 1. The summed E-state index contributed by atoms with van der Waals surface area (Å²) in [5.41, 5.74) is 0.602. The van der Waals surface area contributed by atoms with Gasteiger partial charge in [-0.2, -0.15) is 0 Å². The van der Waals surface area contributed by atoms with Gasteiger partial charge < -0.3 is 5.11 Å². The summed E-state index contributed by atoms with van der Waals surface area (Å²) in [6.07, 6.45) is 7.26. The molecule has 2 aromatic rings. The molecule has 16 heavy (non-hydrogen) atoms. The van der Waals surface area contributed by atoms with Crippen LogP contribution in [0.5, 0.6) is 0 Å². The third-order valence-corrected chi connectivity index (χ3v) is 4.04. The molecule has 0 aromatic carbocycles. The van der Waals surface area contributed by atoms with Crippen LogP contribution in [0, 0.1) is 12.3 Å². The van der Waals surface area contributed by atoms with Crippen LogP contribution in [0.2, 0.25) is 0 Å². The molecule has 3 atom stereocenters. The lowest BCUT2D eigenvalue weighted by molar-refractivity contribution is 0.231. The molecule has 3 rings (SSSR count). The number of nitrogens with zero attached hydrogens (tertiary/aromatic N) is 2. The maximum absolute atomic E-state index is 13.1. The van der Waals surface area contributed by atoms with Crippen molar-refractivity contribution >= 4 is 16.2 Å².